The van der Waals surface area contributed by atoms with Gasteiger partial charge in [-0.25, -0.2) is 4.79 Å². The predicted molar refractivity (Wildman–Crippen MR) is 178 cm³/mol. The molecule has 1 atom stereocenters. The maximum absolute atomic E-state index is 14.6. The van der Waals surface area contributed by atoms with Crippen LogP contribution < -0.4 is 15.0 Å². The molecule has 3 aromatic carbocycles. The summed E-state index contributed by atoms with van der Waals surface area (Å²) in [4.78, 5) is 43.8. The lowest BCUT2D eigenvalue weighted by molar-refractivity contribution is -0.392. The van der Waals surface area contributed by atoms with Gasteiger partial charge in [0, 0.05) is 43.9 Å². The van der Waals surface area contributed by atoms with Crippen LogP contribution in [-0.2, 0) is 38.5 Å². The molecule has 3 aliphatic heterocycles. The second-order valence-corrected chi connectivity index (χ2v) is 13.0. The smallest absolute Gasteiger partial charge is 0.430 e. The predicted octanol–water partition coefficient (Wildman–Crippen LogP) is 6.31. The van der Waals surface area contributed by atoms with Crippen LogP contribution >= 0.6 is 0 Å². The zero-order chi connectivity index (χ0) is 37.5. The number of halogens is 6. The van der Waals surface area contributed by atoms with Gasteiger partial charge in [0.25, 0.3) is 11.5 Å². The first-order valence-corrected chi connectivity index (χ1v) is 16.6. The fourth-order valence-electron chi connectivity index (χ4n) is 6.82. The highest BCUT2D eigenvalue weighted by molar-refractivity contribution is 6.09. The molecule has 2 fully saturated rings. The van der Waals surface area contributed by atoms with Crippen molar-refractivity contribution >= 4 is 29.6 Å². The van der Waals surface area contributed by atoms with Crippen molar-refractivity contribution in [2.45, 2.75) is 50.4 Å². The third-order valence-corrected chi connectivity index (χ3v) is 9.69. The number of amides is 4. The molecular weight excluding hydrogens is 694 g/mol. The number of carbonyl (C=O) groups is 3. The molecule has 0 bridgehead atoms. The second kappa shape index (κ2) is 13.8. The minimum Gasteiger partial charge on any atom is -0.493 e. The maximum Gasteiger partial charge on any atom is 0.430 e. The standard InChI is InChI=1S/C37H36F6N4O5/c1-3-7-26-20-28(35(36(38,39)40,37(41,42)43)52-23-24-8-5-4-6-9-24)12-13-29(26)45-15-17-46(18-16-45)31(48)22-47-32(49)34(2,44-33(47)50)27-11-10-25-14-19-51-30(25)21-27/h3-13,20-21H,14-19,22-23H2,1-2H3,(H,44,50)/b7-3-. The van der Waals surface area contributed by atoms with Crippen LogP contribution in [0.2, 0.25) is 0 Å². The Labute approximate surface area is 295 Å². The van der Waals surface area contributed by atoms with Crippen LogP contribution in [-0.4, -0.2) is 79.3 Å². The summed E-state index contributed by atoms with van der Waals surface area (Å²) in [5, 5.41) is 2.69. The summed E-state index contributed by atoms with van der Waals surface area (Å²) in [6.07, 6.45) is -8.07. The van der Waals surface area contributed by atoms with Gasteiger partial charge in [-0.2, -0.15) is 26.3 Å². The number of nitrogens with one attached hydrogen (secondary N) is 1. The Bertz CT molecular complexity index is 1860. The highest BCUT2D eigenvalue weighted by Crippen LogP contribution is 2.54. The van der Waals surface area contributed by atoms with E-state index in [2.05, 4.69) is 5.32 Å². The number of nitrogens with zero attached hydrogens (tertiary/aromatic N) is 3. The fraction of sp³-hybridized carbons (Fsp3) is 0.378. The van der Waals surface area contributed by atoms with E-state index in [1.54, 1.807) is 36.9 Å². The van der Waals surface area contributed by atoms with Gasteiger partial charge in [-0.05, 0) is 54.3 Å². The quantitative estimate of drug-likeness (QED) is 0.205. The summed E-state index contributed by atoms with van der Waals surface area (Å²) in [7, 11) is 0. The fourth-order valence-corrected chi connectivity index (χ4v) is 6.82. The van der Waals surface area contributed by atoms with Gasteiger partial charge in [-0.1, -0.05) is 60.7 Å². The molecule has 276 valence electrons. The van der Waals surface area contributed by atoms with Crippen LogP contribution in [0.5, 0.6) is 5.75 Å². The van der Waals surface area contributed by atoms with E-state index >= 15 is 0 Å². The van der Waals surface area contributed by atoms with Crippen molar-refractivity contribution in [2.24, 2.45) is 0 Å². The molecule has 0 aliphatic carbocycles. The average molecular weight is 731 g/mol. The maximum atomic E-state index is 14.6. The Balaban J connectivity index is 1.17. The first-order valence-electron chi connectivity index (χ1n) is 16.6. The third-order valence-electron chi connectivity index (χ3n) is 9.69. The molecule has 1 unspecified atom stereocenters. The van der Waals surface area contributed by atoms with Crippen LogP contribution in [0.1, 0.15) is 41.7 Å². The van der Waals surface area contributed by atoms with Crippen LogP contribution in [0, 0.1) is 0 Å². The van der Waals surface area contributed by atoms with Gasteiger partial charge in [0.1, 0.15) is 17.8 Å². The van der Waals surface area contributed by atoms with Crippen LogP contribution in [0.4, 0.5) is 36.8 Å². The molecule has 3 aromatic rings. The Hall–Kier alpha value is -5.05. The molecule has 6 rings (SSSR count). The normalized spacial score (nSPS) is 19.7. The first-order chi connectivity index (χ1) is 24.6. The number of allylic oxidation sites excluding steroid dienone is 1. The SMILES string of the molecule is C/C=C\c1cc(C(OCc2ccccc2)(C(F)(F)F)C(F)(F)F)ccc1N1CCN(C(=O)CN2C(=O)NC(C)(c3ccc4c(c3)OCC4)C2=O)CC1. The largest absolute Gasteiger partial charge is 0.493 e. The Morgan fingerprint density at radius 3 is 2.29 bits per heavy atom. The number of rotatable bonds is 9. The number of hydrogen-bond acceptors (Lipinski definition) is 6. The van der Waals surface area contributed by atoms with E-state index in [1.165, 1.54) is 47.4 Å². The lowest BCUT2D eigenvalue weighted by Crippen LogP contribution is -2.56. The number of benzene rings is 3. The van der Waals surface area contributed by atoms with Gasteiger partial charge in [0.2, 0.25) is 5.91 Å². The highest BCUT2D eigenvalue weighted by atomic mass is 19.4. The number of anilines is 1. The lowest BCUT2D eigenvalue weighted by atomic mass is 9.89. The molecule has 0 radical (unpaired) electrons. The van der Waals surface area contributed by atoms with Gasteiger partial charge in [-0.15, -0.1) is 0 Å². The van der Waals surface area contributed by atoms with E-state index in [0.717, 1.165) is 29.0 Å². The van der Waals surface area contributed by atoms with Crippen molar-refractivity contribution in [3.05, 3.63) is 101 Å². The molecule has 9 nitrogen and oxygen atoms in total. The minimum atomic E-state index is -5.86. The molecule has 4 amide bonds. The Morgan fingerprint density at radius 1 is 0.942 bits per heavy atom. The summed E-state index contributed by atoms with van der Waals surface area (Å²) in [5.41, 5.74) is -5.04. The summed E-state index contributed by atoms with van der Waals surface area (Å²) in [5.74, 6) is -0.457. The van der Waals surface area contributed by atoms with Gasteiger partial charge >= 0.3 is 18.4 Å². The molecule has 0 aromatic heterocycles. The molecule has 0 saturated carbocycles. The number of urea groups is 1. The summed E-state index contributed by atoms with van der Waals surface area (Å²) < 4.78 is 97.8. The van der Waals surface area contributed by atoms with Crippen molar-refractivity contribution < 1.29 is 50.2 Å². The van der Waals surface area contributed by atoms with Gasteiger partial charge in [0.05, 0.1) is 13.2 Å². The zero-order valence-corrected chi connectivity index (χ0v) is 28.3. The van der Waals surface area contributed by atoms with Gasteiger partial charge < -0.3 is 24.6 Å². The van der Waals surface area contributed by atoms with Crippen molar-refractivity contribution in [1.82, 2.24) is 15.1 Å². The zero-order valence-electron chi connectivity index (χ0n) is 28.3. The van der Waals surface area contributed by atoms with Crippen molar-refractivity contribution in [3.8, 4) is 5.75 Å². The topological polar surface area (TPSA) is 91.4 Å². The van der Waals surface area contributed by atoms with E-state index in [4.69, 9.17) is 9.47 Å². The number of piperazine rings is 1. The molecule has 15 heteroatoms. The summed E-state index contributed by atoms with van der Waals surface area (Å²) >= 11 is 0. The molecule has 3 heterocycles. The summed E-state index contributed by atoms with van der Waals surface area (Å²) in [6, 6.07) is 14.7. The first kappa shape index (κ1) is 36.7. The van der Waals surface area contributed by atoms with Gasteiger partial charge in [0.15, 0.2) is 0 Å². The Morgan fingerprint density at radius 2 is 1.63 bits per heavy atom. The van der Waals surface area contributed by atoms with E-state index in [0.29, 0.717) is 23.6 Å². The second-order valence-electron chi connectivity index (χ2n) is 13.0. The lowest BCUT2D eigenvalue weighted by Gasteiger charge is -2.39. The molecule has 52 heavy (non-hydrogen) atoms. The van der Waals surface area contributed by atoms with Crippen molar-refractivity contribution in [3.63, 3.8) is 0 Å². The van der Waals surface area contributed by atoms with Crippen LogP contribution in [0.3, 0.4) is 0 Å². The molecular formula is C37H36F6N4O5. The third kappa shape index (κ3) is 6.57. The number of carbonyl (C=O) groups excluding carboxylic acids is 3. The molecule has 1 N–H and O–H groups in total. The van der Waals surface area contributed by atoms with Gasteiger partial charge in [-0.3, -0.25) is 14.5 Å². The van der Waals surface area contributed by atoms with E-state index in [9.17, 15) is 40.7 Å². The number of fused-ring (bicyclic) bond motifs is 1. The number of ether oxygens (including phenoxy) is 2. The minimum absolute atomic E-state index is 0.0940. The number of hydrogen-bond donors (Lipinski definition) is 1. The molecule has 3 aliphatic rings. The number of alkyl halides is 6. The van der Waals surface area contributed by atoms with Crippen LogP contribution in [0.15, 0.2) is 72.8 Å². The molecule has 2 saturated heterocycles. The number of imide groups is 1. The summed E-state index contributed by atoms with van der Waals surface area (Å²) in [6.45, 7) is 2.80. The highest BCUT2D eigenvalue weighted by Gasteiger charge is 2.73. The van der Waals surface area contributed by atoms with Crippen LogP contribution in [0.25, 0.3) is 6.08 Å². The van der Waals surface area contributed by atoms with E-state index in [-0.39, 0.29) is 37.3 Å². The monoisotopic (exact) mass is 730 g/mol. The Kier molecular flexibility index (Phi) is 9.77. The van der Waals surface area contributed by atoms with Crippen molar-refractivity contribution in [1.29, 1.82) is 0 Å². The average Bonchev–Trinajstić information content (AvgIpc) is 3.66. The van der Waals surface area contributed by atoms with Crippen molar-refractivity contribution in [2.75, 3.05) is 44.2 Å². The molecule has 0 spiro atoms. The van der Waals surface area contributed by atoms with E-state index < -0.39 is 60.1 Å². The van der Waals surface area contributed by atoms with E-state index in [1.807, 2.05) is 6.07 Å².